The summed E-state index contributed by atoms with van der Waals surface area (Å²) in [7, 11) is 0. The maximum Gasteiger partial charge on any atom is 0.0936 e. The van der Waals surface area contributed by atoms with Crippen LogP contribution in [0.15, 0.2) is 0 Å². The molecule has 2 nitrogen and oxygen atoms in total. The van der Waals surface area contributed by atoms with Crippen LogP contribution in [-0.2, 0) is 0 Å². The number of rotatable bonds is 0. The number of nitrogens with one attached hydrogen (secondary N) is 2. The van der Waals surface area contributed by atoms with Crippen LogP contribution in [-0.4, -0.2) is 11.9 Å². The van der Waals surface area contributed by atoms with Gasteiger partial charge >= 0.3 is 0 Å². The van der Waals surface area contributed by atoms with Gasteiger partial charge in [0.15, 0.2) is 0 Å². The van der Waals surface area contributed by atoms with Gasteiger partial charge in [-0.15, -0.1) is 0 Å². The van der Waals surface area contributed by atoms with Gasteiger partial charge in [0.05, 0.1) is 5.84 Å². The topological polar surface area (TPSA) is 35.9 Å². The highest BCUT2D eigenvalue weighted by atomic mass is 15.0. The molecule has 0 aliphatic carbocycles. The summed E-state index contributed by atoms with van der Waals surface area (Å²) in [5.41, 5.74) is 0. The van der Waals surface area contributed by atoms with Gasteiger partial charge in [0.2, 0.25) is 0 Å². The Hall–Kier alpha value is -0.530. The minimum Gasteiger partial charge on any atom is -0.372 e. The largest absolute Gasteiger partial charge is 0.372 e. The van der Waals surface area contributed by atoms with Crippen LogP contribution in [0.1, 0.15) is 26.7 Å². The van der Waals surface area contributed by atoms with Gasteiger partial charge in [-0.1, -0.05) is 6.92 Å². The molecular formula is C7H14N2. The molecule has 0 radical (unpaired) electrons. The third-order valence-corrected chi connectivity index (χ3v) is 1.73. The minimum atomic E-state index is 0.515. The van der Waals surface area contributed by atoms with E-state index in [4.69, 9.17) is 5.41 Å². The molecule has 0 saturated carbocycles. The van der Waals surface area contributed by atoms with Gasteiger partial charge in [-0.05, 0) is 19.3 Å². The van der Waals surface area contributed by atoms with Gasteiger partial charge in [-0.2, -0.15) is 0 Å². The van der Waals surface area contributed by atoms with Gasteiger partial charge in [0, 0.05) is 12.5 Å². The van der Waals surface area contributed by atoms with Crippen molar-refractivity contribution in [3.05, 3.63) is 0 Å². The van der Waals surface area contributed by atoms with Gasteiger partial charge < -0.3 is 5.32 Å². The van der Waals surface area contributed by atoms with Crippen molar-refractivity contribution in [2.45, 2.75) is 32.7 Å². The Bertz CT molecular complexity index is 108. The average Bonchev–Trinajstić information content (AvgIpc) is 1.59. The summed E-state index contributed by atoms with van der Waals surface area (Å²) in [6, 6.07) is 0.515. The van der Waals surface area contributed by atoms with Crippen LogP contribution in [0.4, 0.5) is 0 Å². The van der Waals surface area contributed by atoms with Gasteiger partial charge in [0.25, 0.3) is 0 Å². The van der Waals surface area contributed by atoms with Gasteiger partial charge in [0.1, 0.15) is 0 Å². The van der Waals surface area contributed by atoms with Crippen molar-refractivity contribution in [2.75, 3.05) is 0 Å². The lowest BCUT2D eigenvalue weighted by atomic mass is 9.95. The van der Waals surface area contributed by atoms with Crippen molar-refractivity contribution in [1.29, 1.82) is 5.41 Å². The third-order valence-electron chi connectivity index (χ3n) is 1.73. The van der Waals surface area contributed by atoms with E-state index in [1.54, 1.807) is 0 Å². The summed E-state index contributed by atoms with van der Waals surface area (Å²) in [6.07, 6.45) is 2.15. The predicted octanol–water partition coefficient (Wildman–Crippen LogP) is 1.37. The summed E-state index contributed by atoms with van der Waals surface area (Å²) >= 11 is 0. The second-order valence-electron chi connectivity index (χ2n) is 3.07. The monoisotopic (exact) mass is 126 g/mol. The van der Waals surface area contributed by atoms with Gasteiger partial charge in [-0.3, -0.25) is 5.41 Å². The Morgan fingerprint density at radius 1 is 1.56 bits per heavy atom. The van der Waals surface area contributed by atoms with Crippen molar-refractivity contribution < 1.29 is 0 Å². The van der Waals surface area contributed by atoms with E-state index in [9.17, 15) is 0 Å². The SMILES string of the molecule is C[C@H]1CC(=N)N[C@@H](C)C1. The second kappa shape index (κ2) is 2.38. The Balaban J connectivity index is 2.43. The fourth-order valence-electron chi connectivity index (χ4n) is 1.45. The molecule has 2 atom stereocenters. The summed E-state index contributed by atoms with van der Waals surface area (Å²) in [6.45, 7) is 4.33. The van der Waals surface area contributed by atoms with Crippen LogP contribution >= 0.6 is 0 Å². The first-order chi connectivity index (χ1) is 4.18. The molecule has 0 aromatic carbocycles. The molecule has 2 N–H and O–H groups in total. The fraction of sp³-hybridized carbons (Fsp3) is 0.857. The first-order valence-electron chi connectivity index (χ1n) is 3.52. The lowest BCUT2D eigenvalue weighted by Gasteiger charge is -2.26. The number of amidine groups is 1. The zero-order valence-electron chi connectivity index (χ0n) is 6.07. The number of piperidine rings is 1. The third kappa shape index (κ3) is 1.70. The molecule has 52 valence electrons. The highest BCUT2D eigenvalue weighted by Gasteiger charge is 2.16. The quantitative estimate of drug-likeness (QED) is 0.505. The second-order valence-corrected chi connectivity index (χ2v) is 3.07. The Labute approximate surface area is 56.2 Å². The number of hydrogen-bond donors (Lipinski definition) is 2. The van der Waals surface area contributed by atoms with E-state index in [0.717, 1.165) is 6.42 Å². The molecular weight excluding hydrogens is 112 g/mol. The zero-order chi connectivity index (χ0) is 6.85. The highest BCUT2D eigenvalue weighted by molar-refractivity contribution is 5.80. The summed E-state index contributed by atoms with van der Waals surface area (Å²) in [5.74, 6) is 1.41. The molecule has 0 bridgehead atoms. The van der Waals surface area contributed by atoms with Crippen LogP contribution in [0, 0.1) is 11.3 Å². The van der Waals surface area contributed by atoms with E-state index in [0.29, 0.717) is 17.8 Å². The molecule has 0 amide bonds. The molecule has 0 aromatic heterocycles. The fourth-order valence-corrected chi connectivity index (χ4v) is 1.45. The summed E-state index contributed by atoms with van der Waals surface area (Å²) < 4.78 is 0. The standard InChI is InChI=1S/C7H14N2/c1-5-3-6(2)9-7(8)4-5/h5-6H,3-4H2,1-2H3,(H2,8,9)/t5-,6+/m1/s1. The molecule has 1 heterocycles. The first-order valence-corrected chi connectivity index (χ1v) is 3.52. The molecule has 1 saturated heterocycles. The van der Waals surface area contributed by atoms with E-state index < -0.39 is 0 Å². The van der Waals surface area contributed by atoms with Crippen molar-refractivity contribution in [1.82, 2.24) is 5.32 Å². The molecule has 9 heavy (non-hydrogen) atoms. The van der Waals surface area contributed by atoms with Crippen molar-refractivity contribution in [3.8, 4) is 0 Å². The molecule has 2 heteroatoms. The average molecular weight is 126 g/mol. The molecule has 0 unspecified atom stereocenters. The van der Waals surface area contributed by atoms with Gasteiger partial charge in [-0.25, -0.2) is 0 Å². The van der Waals surface area contributed by atoms with Crippen molar-refractivity contribution in [3.63, 3.8) is 0 Å². The maximum absolute atomic E-state index is 7.34. The van der Waals surface area contributed by atoms with E-state index in [1.807, 2.05) is 0 Å². The molecule has 1 fully saturated rings. The van der Waals surface area contributed by atoms with E-state index in [2.05, 4.69) is 19.2 Å². The van der Waals surface area contributed by atoms with E-state index in [1.165, 1.54) is 6.42 Å². The summed E-state index contributed by atoms with van der Waals surface area (Å²) in [4.78, 5) is 0. The molecule has 0 spiro atoms. The van der Waals surface area contributed by atoms with E-state index >= 15 is 0 Å². The lowest BCUT2D eigenvalue weighted by molar-refractivity contribution is 0.428. The van der Waals surface area contributed by atoms with Crippen LogP contribution in [0.25, 0.3) is 0 Å². The normalized spacial score (nSPS) is 36.0. The van der Waals surface area contributed by atoms with Crippen LogP contribution in [0.2, 0.25) is 0 Å². The van der Waals surface area contributed by atoms with Crippen molar-refractivity contribution >= 4 is 5.84 Å². The first kappa shape index (κ1) is 6.59. The smallest absolute Gasteiger partial charge is 0.0936 e. The minimum absolute atomic E-state index is 0.515. The molecule has 1 rings (SSSR count). The Morgan fingerprint density at radius 2 is 2.22 bits per heavy atom. The van der Waals surface area contributed by atoms with Crippen molar-refractivity contribution in [2.24, 2.45) is 5.92 Å². The molecule has 1 aliphatic heterocycles. The Morgan fingerprint density at radius 3 is 2.67 bits per heavy atom. The lowest BCUT2D eigenvalue weighted by Crippen LogP contribution is -2.39. The van der Waals surface area contributed by atoms with Crippen LogP contribution < -0.4 is 5.32 Å². The zero-order valence-corrected chi connectivity index (χ0v) is 6.07. The highest BCUT2D eigenvalue weighted by Crippen LogP contribution is 2.14. The van der Waals surface area contributed by atoms with Crippen LogP contribution in [0.3, 0.4) is 0 Å². The Kier molecular flexibility index (Phi) is 1.74. The summed E-state index contributed by atoms with van der Waals surface area (Å²) in [5, 5.41) is 10.4. The molecule has 0 aromatic rings. The van der Waals surface area contributed by atoms with Crippen LogP contribution in [0.5, 0.6) is 0 Å². The predicted molar refractivity (Wildman–Crippen MR) is 38.7 cm³/mol. The number of hydrogen-bond acceptors (Lipinski definition) is 1. The molecule has 1 aliphatic rings. The van der Waals surface area contributed by atoms with E-state index in [-0.39, 0.29) is 0 Å². The maximum atomic E-state index is 7.34.